The molecule has 0 saturated heterocycles. The van der Waals surface area contributed by atoms with E-state index in [0.717, 1.165) is 25.8 Å². The van der Waals surface area contributed by atoms with E-state index in [1.165, 1.54) is 57.8 Å². The van der Waals surface area contributed by atoms with Crippen molar-refractivity contribution in [2.75, 3.05) is 13.6 Å². The summed E-state index contributed by atoms with van der Waals surface area (Å²) in [5.41, 5.74) is 0. The second-order valence-corrected chi connectivity index (χ2v) is 5.75. The van der Waals surface area contributed by atoms with Crippen molar-refractivity contribution in [1.82, 2.24) is 4.90 Å². The van der Waals surface area contributed by atoms with Gasteiger partial charge in [-0.1, -0.05) is 71.6 Å². The Balaban J connectivity index is 3.36. The summed E-state index contributed by atoms with van der Waals surface area (Å²) in [5.74, 6) is 0.338. The number of carbonyl (C=O) groups excluding carboxylic acids is 1. The van der Waals surface area contributed by atoms with E-state index in [4.69, 9.17) is 0 Å². The topological polar surface area (TPSA) is 20.3 Å². The minimum absolute atomic E-state index is 0.338. The summed E-state index contributed by atoms with van der Waals surface area (Å²) in [5, 5.41) is 0. The van der Waals surface area contributed by atoms with Crippen molar-refractivity contribution in [2.24, 2.45) is 0 Å². The molecule has 0 atom stereocenters. The molecule has 0 unspecified atom stereocenters. The van der Waals surface area contributed by atoms with E-state index in [1.54, 1.807) is 0 Å². The van der Waals surface area contributed by atoms with Gasteiger partial charge in [-0.25, -0.2) is 0 Å². The van der Waals surface area contributed by atoms with Crippen LogP contribution < -0.4 is 0 Å². The van der Waals surface area contributed by atoms with Crippen molar-refractivity contribution in [3.63, 3.8) is 0 Å². The molecule has 0 aromatic rings. The van der Waals surface area contributed by atoms with E-state index in [0.29, 0.717) is 5.91 Å². The molecule has 0 bridgehead atoms. The van der Waals surface area contributed by atoms with Crippen LogP contribution in [0.2, 0.25) is 0 Å². The molecule has 0 aromatic heterocycles. The molecule has 0 heterocycles. The first-order valence-electron chi connectivity index (χ1n) is 8.46. The zero-order valence-corrected chi connectivity index (χ0v) is 13.5. The van der Waals surface area contributed by atoms with E-state index in [1.807, 2.05) is 11.9 Å². The molecular formula is C17H35NO. The largest absolute Gasteiger partial charge is 0.346 e. The smallest absolute Gasteiger partial charge is 0.222 e. The van der Waals surface area contributed by atoms with Crippen LogP contribution >= 0.6 is 0 Å². The molecule has 0 spiro atoms. The van der Waals surface area contributed by atoms with Crippen molar-refractivity contribution in [3.05, 3.63) is 0 Å². The first-order chi connectivity index (χ1) is 9.22. The van der Waals surface area contributed by atoms with Gasteiger partial charge in [-0.3, -0.25) is 4.79 Å². The first-order valence-corrected chi connectivity index (χ1v) is 8.46. The van der Waals surface area contributed by atoms with Crippen LogP contribution in [0.25, 0.3) is 0 Å². The van der Waals surface area contributed by atoms with Gasteiger partial charge in [0.15, 0.2) is 0 Å². The molecule has 2 heteroatoms. The van der Waals surface area contributed by atoms with Crippen LogP contribution in [0, 0.1) is 0 Å². The Morgan fingerprint density at radius 3 is 1.79 bits per heavy atom. The Labute approximate surface area is 120 Å². The molecule has 0 N–H and O–H groups in total. The maximum absolute atomic E-state index is 11.9. The molecule has 0 rings (SSSR count). The summed E-state index contributed by atoms with van der Waals surface area (Å²) < 4.78 is 0. The fraction of sp³-hybridized carbons (Fsp3) is 0.941. The highest BCUT2D eigenvalue weighted by molar-refractivity contribution is 5.75. The van der Waals surface area contributed by atoms with Crippen molar-refractivity contribution in [3.8, 4) is 0 Å². The molecule has 19 heavy (non-hydrogen) atoms. The van der Waals surface area contributed by atoms with Gasteiger partial charge in [-0.05, 0) is 12.8 Å². The van der Waals surface area contributed by atoms with E-state index < -0.39 is 0 Å². The third-order valence-electron chi connectivity index (χ3n) is 3.77. The Hall–Kier alpha value is -0.530. The van der Waals surface area contributed by atoms with Gasteiger partial charge in [0.1, 0.15) is 0 Å². The van der Waals surface area contributed by atoms with Crippen molar-refractivity contribution in [1.29, 1.82) is 0 Å². The fourth-order valence-electron chi connectivity index (χ4n) is 2.32. The Kier molecular flexibility index (Phi) is 13.5. The zero-order chi connectivity index (χ0) is 14.3. The average Bonchev–Trinajstić information content (AvgIpc) is 2.42. The van der Waals surface area contributed by atoms with Crippen LogP contribution in [-0.2, 0) is 4.79 Å². The van der Waals surface area contributed by atoms with Crippen LogP contribution in [-0.4, -0.2) is 24.4 Å². The van der Waals surface area contributed by atoms with Crippen LogP contribution in [0.1, 0.15) is 90.9 Å². The normalized spacial score (nSPS) is 10.7. The Morgan fingerprint density at radius 1 is 0.737 bits per heavy atom. The summed E-state index contributed by atoms with van der Waals surface area (Å²) in [6, 6.07) is 0. The SMILES string of the molecule is CCCCCCCCCC(=O)N(C)CCCCCC. The highest BCUT2D eigenvalue weighted by Crippen LogP contribution is 2.09. The average molecular weight is 269 g/mol. The number of carbonyl (C=O) groups is 1. The predicted octanol–water partition coefficient (Wildman–Crippen LogP) is 5.17. The third kappa shape index (κ3) is 12.3. The first kappa shape index (κ1) is 18.5. The summed E-state index contributed by atoms with van der Waals surface area (Å²) in [6.07, 6.45) is 14.7. The zero-order valence-electron chi connectivity index (χ0n) is 13.5. The Morgan fingerprint density at radius 2 is 1.21 bits per heavy atom. The summed E-state index contributed by atoms with van der Waals surface area (Å²) in [6.45, 7) is 5.40. The molecule has 0 aliphatic rings. The van der Waals surface area contributed by atoms with Gasteiger partial charge < -0.3 is 4.90 Å². The van der Waals surface area contributed by atoms with Gasteiger partial charge in [0, 0.05) is 20.0 Å². The van der Waals surface area contributed by atoms with E-state index in [2.05, 4.69) is 13.8 Å². The number of unbranched alkanes of at least 4 members (excludes halogenated alkanes) is 9. The van der Waals surface area contributed by atoms with Crippen LogP contribution in [0.4, 0.5) is 0 Å². The third-order valence-corrected chi connectivity index (χ3v) is 3.77. The van der Waals surface area contributed by atoms with Gasteiger partial charge in [-0.2, -0.15) is 0 Å². The monoisotopic (exact) mass is 269 g/mol. The lowest BCUT2D eigenvalue weighted by atomic mass is 10.1. The number of hydrogen-bond acceptors (Lipinski definition) is 1. The molecule has 1 amide bonds. The molecule has 0 aliphatic heterocycles. The van der Waals surface area contributed by atoms with Crippen LogP contribution in [0.3, 0.4) is 0 Å². The standard InChI is InChI=1S/C17H35NO/c1-4-6-8-10-11-12-13-15-17(19)18(3)16-14-9-7-5-2/h4-16H2,1-3H3. The quantitative estimate of drug-likeness (QED) is 0.423. The minimum Gasteiger partial charge on any atom is -0.346 e. The molecule has 0 radical (unpaired) electrons. The van der Waals surface area contributed by atoms with Crippen LogP contribution in [0.5, 0.6) is 0 Å². The molecule has 114 valence electrons. The van der Waals surface area contributed by atoms with Gasteiger partial charge in [0.05, 0.1) is 0 Å². The second-order valence-electron chi connectivity index (χ2n) is 5.75. The van der Waals surface area contributed by atoms with Crippen molar-refractivity contribution < 1.29 is 4.79 Å². The van der Waals surface area contributed by atoms with Gasteiger partial charge in [-0.15, -0.1) is 0 Å². The molecule has 0 saturated carbocycles. The molecule has 0 fully saturated rings. The lowest BCUT2D eigenvalue weighted by Gasteiger charge is -2.16. The van der Waals surface area contributed by atoms with E-state index >= 15 is 0 Å². The maximum atomic E-state index is 11.9. The van der Waals surface area contributed by atoms with Crippen molar-refractivity contribution in [2.45, 2.75) is 90.9 Å². The predicted molar refractivity (Wildman–Crippen MR) is 84.4 cm³/mol. The summed E-state index contributed by atoms with van der Waals surface area (Å²) >= 11 is 0. The molecule has 2 nitrogen and oxygen atoms in total. The van der Waals surface area contributed by atoms with Crippen LogP contribution in [0.15, 0.2) is 0 Å². The number of hydrogen-bond donors (Lipinski definition) is 0. The lowest BCUT2D eigenvalue weighted by molar-refractivity contribution is -0.130. The van der Waals surface area contributed by atoms with E-state index in [-0.39, 0.29) is 0 Å². The second kappa shape index (κ2) is 13.9. The summed E-state index contributed by atoms with van der Waals surface area (Å²) in [4.78, 5) is 13.8. The molecular weight excluding hydrogens is 234 g/mol. The molecule has 0 aliphatic carbocycles. The summed E-state index contributed by atoms with van der Waals surface area (Å²) in [7, 11) is 1.95. The Bertz CT molecular complexity index is 203. The number of nitrogens with zero attached hydrogens (tertiary/aromatic N) is 1. The van der Waals surface area contributed by atoms with Gasteiger partial charge in [0.25, 0.3) is 0 Å². The lowest BCUT2D eigenvalue weighted by Crippen LogP contribution is -2.27. The van der Waals surface area contributed by atoms with Crippen molar-refractivity contribution >= 4 is 5.91 Å². The molecule has 0 aromatic carbocycles. The highest BCUT2D eigenvalue weighted by atomic mass is 16.2. The van der Waals surface area contributed by atoms with Gasteiger partial charge >= 0.3 is 0 Å². The number of amides is 1. The maximum Gasteiger partial charge on any atom is 0.222 e. The number of rotatable bonds is 13. The van der Waals surface area contributed by atoms with E-state index in [9.17, 15) is 4.79 Å². The van der Waals surface area contributed by atoms with Gasteiger partial charge in [0.2, 0.25) is 5.91 Å². The minimum atomic E-state index is 0.338. The fourth-order valence-corrected chi connectivity index (χ4v) is 2.32. The highest BCUT2D eigenvalue weighted by Gasteiger charge is 2.07.